The fraction of sp³-hybridized carbons (Fsp3) is 0.391. The molecule has 5 N–H and O–H groups in total. The molecule has 6 nitrogen and oxygen atoms in total. The van der Waals surface area contributed by atoms with E-state index in [0.29, 0.717) is 5.69 Å². The average Bonchev–Trinajstić information content (AvgIpc) is 3.18. The first-order chi connectivity index (χ1) is 13.5. The highest BCUT2D eigenvalue weighted by molar-refractivity contribution is 5.91. The number of nitrogen functional groups attached to an aromatic ring is 2. The quantitative estimate of drug-likeness (QED) is 0.464. The SMILES string of the molecule is Cn1c(C(C)(C)C)cc2c(N)c[n+](CC(C)(C)c3cc4c(N)cncc4[nH]3)cc21. The van der Waals surface area contributed by atoms with Crippen molar-refractivity contribution in [2.75, 3.05) is 11.5 Å². The summed E-state index contributed by atoms with van der Waals surface area (Å²) >= 11 is 0. The number of nitrogens with two attached hydrogens (primary N) is 2. The summed E-state index contributed by atoms with van der Waals surface area (Å²) < 4.78 is 4.45. The number of hydrogen-bond donors (Lipinski definition) is 3. The third kappa shape index (κ3) is 3.22. The predicted octanol–water partition coefficient (Wildman–Crippen LogP) is 3.78. The molecule has 0 aromatic carbocycles. The van der Waals surface area contributed by atoms with Crippen LogP contribution in [0.4, 0.5) is 11.4 Å². The van der Waals surface area contributed by atoms with E-state index in [-0.39, 0.29) is 10.8 Å². The summed E-state index contributed by atoms with van der Waals surface area (Å²) in [4.78, 5) is 7.68. The van der Waals surface area contributed by atoms with E-state index in [2.05, 4.69) is 79.1 Å². The molecule has 0 radical (unpaired) electrons. The Balaban J connectivity index is 1.76. The van der Waals surface area contributed by atoms with Gasteiger partial charge in [-0.2, -0.15) is 0 Å². The van der Waals surface area contributed by atoms with Crippen molar-refractivity contribution in [3.05, 3.63) is 48.3 Å². The summed E-state index contributed by atoms with van der Waals surface area (Å²) in [6, 6.07) is 4.35. The summed E-state index contributed by atoms with van der Waals surface area (Å²) in [5.41, 5.74) is 18.5. The first-order valence-electron chi connectivity index (χ1n) is 9.98. The zero-order valence-electron chi connectivity index (χ0n) is 18.2. The van der Waals surface area contributed by atoms with Crippen LogP contribution in [0.5, 0.6) is 0 Å². The molecule has 0 unspecified atom stereocenters. The summed E-state index contributed by atoms with van der Waals surface area (Å²) in [6.45, 7) is 11.9. The molecule has 4 aromatic rings. The molecule has 0 atom stereocenters. The monoisotopic (exact) mass is 391 g/mol. The molecule has 0 aliphatic heterocycles. The highest BCUT2D eigenvalue weighted by Crippen LogP contribution is 2.32. The minimum Gasteiger partial charge on any atom is -0.397 e. The van der Waals surface area contributed by atoms with Gasteiger partial charge in [0.05, 0.1) is 29.0 Å². The molecule has 0 bridgehead atoms. The van der Waals surface area contributed by atoms with E-state index < -0.39 is 0 Å². The van der Waals surface area contributed by atoms with Crippen molar-refractivity contribution in [2.45, 2.75) is 52.0 Å². The van der Waals surface area contributed by atoms with Crippen LogP contribution in [0.15, 0.2) is 36.9 Å². The second kappa shape index (κ2) is 6.24. The molecule has 4 rings (SSSR count). The Kier molecular flexibility index (Phi) is 4.15. The van der Waals surface area contributed by atoms with Gasteiger partial charge in [-0.3, -0.25) is 4.98 Å². The van der Waals surface area contributed by atoms with Crippen LogP contribution in [0.3, 0.4) is 0 Å². The number of nitrogens with zero attached hydrogens (tertiary/aromatic N) is 3. The standard InChI is InChI=1S/C23H31N6/c1-22(2,3)21-8-15-17(25)11-29(12-19(15)28(21)6)13-23(4,5)20-7-14-16(24)9-26-10-18(14)27-20/h7-12,27H,13,24-25H2,1-6H3/q+1. The van der Waals surface area contributed by atoms with Crippen LogP contribution in [0.2, 0.25) is 0 Å². The van der Waals surface area contributed by atoms with Crippen LogP contribution >= 0.6 is 0 Å². The maximum atomic E-state index is 6.45. The largest absolute Gasteiger partial charge is 0.397 e. The summed E-state index contributed by atoms with van der Waals surface area (Å²) in [7, 11) is 2.12. The van der Waals surface area contributed by atoms with E-state index in [1.165, 1.54) is 5.69 Å². The van der Waals surface area contributed by atoms with Crippen molar-refractivity contribution in [1.29, 1.82) is 0 Å². The van der Waals surface area contributed by atoms with Gasteiger partial charge in [-0.25, -0.2) is 4.57 Å². The van der Waals surface area contributed by atoms with Gasteiger partial charge in [0.15, 0.2) is 18.9 Å². The van der Waals surface area contributed by atoms with Crippen LogP contribution in [-0.2, 0) is 24.4 Å². The van der Waals surface area contributed by atoms with Crippen molar-refractivity contribution in [3.8, 4) is 0 Å². The second-order valence-electron chi connectivity index (χ2n) is 9.78. The van der Waals surface area contributed by atoms with Gasteiger partial charge in [0.25, 0.3) is 0 Å². The molecular formula is C23H31N6+. The van der Waals surface area contributed by atoms with Gasteiger partial charge in [0.2, 0.25) is 0 Å². The molecule has 4 heterocycles. The molecule has 0 spiro atoms. The Morgan fingerprint density at radius 1 is 1.00 bits per heavy atom. The van der Waals surface area contributed by atoms with E-state index in [9.17, 15) is 0 Å². The lowest BCUT2D eigenvalue weighted by Crippen LogP contribution is -2.43. The van der Waals surface area contributed by atoms with Crippen molar-refractivity contribution in [2.24, 2.45) is 7.05 Å². The number of anilines is 2. The van der Waals surface area contributed by atoms with Crippen LogP contribution in [0.25, 0.3) is 21.8 Å². The second-order valence-corrected chi connectivity index (χ2v) is 9.78. The number of aromatic nitrogens is 4. The average molecular weight is 392 g/mol. The fourth-order valence-corrected chi connectivity index (χ4v) is 4.24. The van der Waals surface area contributed by atoms with Crippen molar-refractivity contribution >= 4 is 33.2 Å². The van der Waals surface area contributed by atoms with Crippen LogP contribution in [0, 0.1) is 0 Å². The Morgan fingerprint density at radius 3 is 2.38 bits per heavy atom. The molecule has 0 saturated heterocycles. The summed E-state index contributed by atoms with van der Waals surface area (Å²) in [6.07, 6.45) is 7.75. The smallest absolute Gasteiger partial charge is 0.193 e. The third-order valence-electron chi connectivity index (χ3n) is 5.84. The van der Waals surface area contributed by atoms with Gasteiger partial charge < -0.3 is 21.0 Å². The Hall–Kier alpha value is -3.02. The minimum atomic E-state index is -0.145. The molecule has 6 heteroatoms. The number of aryl methyl sites for hydroxylation is 1. The van der Waals surface area contributed by atoms with E-state index in [1.807, 2.05) is 12.4 Å². The van der Waals surface area contributed by atoms with E-state index in [4.69, 9.17) is 11.5 Å². The zero-order valence-corrected chi connectivity index (χ0v) is 18.2. The summed E-state index contributed by atoms with van der Waals surface area (Å²) in [5.74, 6) is 0. The highest BCUT2D eigenvalue weighted by atomic mass is 15.0. The molecule has 0 aliphatic rings. The topological polar surface area (TPSA) is 89.5 Å². The molecule has 0 saturated carbocycles. The number of pyridine rings is 2. The predicted molar refractivity (Wildman–Crippen MR) is 120 cm³/mol. The number of H-pyrrole nitrogens is 1. The van der Waals surface area contributed by atoms with E-state index >= 15 is 0 Å². The van der Waals surface area contributed by atoms with Crippen LogP contribution in [0.1, 0.15) is 46.0 Å². The minimum absolute atomic E-state index is 0.0582. The lowest BCUT2D eigenvalue weighted by molar-refractivity contribution is -0.702. The maximum Gasteiger partial charge on any atom is 0.193 e. The van der Waals surface area contributed by atoms with Gasteiger partial charge in [-0.15, -0.1) is 0 Å². The van der Waals surface area contributed by atoms with Gasteiger partial charge in [-0.05, 0) is 26.0 Å². The lowest BCUT2D eigenvalue weighted by atomic mass is 9.89. The Bertz CT molecular complexity index is 1220. The third-order valence-corrected chi connectivity index (χ3v) is 5.84. The molecule has 152 valence electrons. The number of aromatic amines is 1. The molecule has 0 amide bonds. The first-order valence-corrected chi connectivity index (χ1v) is 9.98. The van der Waals surface area contributed by atoms with Crippen molar-refractivity contribution in [3.63, 3.8) is 0 Å². The molecule has 29 heavy (non-hydrogen) atoms. The number of fused-ring (bicyclic) bond motifs is 2. The van der Waals surface area contributed by atoms with Crippen molar-refractivity contribution < 1.29 is 4.57 Å². The lowest BCUT2D eigenvalue weighted by Gasteiger charge is -2.20. The molecular weight excluding hydrogens is 360 g/mol. The fourth-order valence-electron chi connectivity index (χ4n) is 4.24. The molecule has 0 aliphatic carbocycles. The van der Waals surface area contributed by atoms with Crippen LogP contribution < -0.4 is 16.0 Å². The van der Waals surface area contributed by atoms with Gasteiger partial charge in [0, 0.05) is 34.6 Å². The summed E-state index contributed by atoms with van der Waals surface area (Å²) in [5, 5.41) is 2.12. The number of nitrogens with one attached hydrogen (secondary N) is 1. The number of rotatable bonds is 3. The van der Waals surface area contributed by atoms with Crippen LogP contribution in [-0.4, -0.2) is 14.5 Å². The highest BCUT2D eigenvalue weighted by Gasteiger charge is 2.29. The van der Waals surface area contributed by atoms with Crippen molar-refractivity contribution in [1.82, 2.24) is 14.5 Å². The first kappa shape index (κ1) is 19.3. The molecule has 4 aromatic heterocycles. The van der Waals surface area contributed by atoms with E-state index in [0.717, 1.165) is 39.7 Å². The van der Waals surface area contributed by atoms with Gasteiger partial charge in [0.1, 0.15) is 11.2 Å². The van der Waals surface area contributed by atoms with E-state index in [1.54, 1.807) is 6.20 Å². The van der Waals surface area contributed by atoms with Gasteiger partial charge in [-0.1, -0.05) is 20.8 Å². The Labute approximate surface area is 171 Å². The maximum absolute atomic E-state index is 6.45. The number of hydrogen-bond acceptors (Lipinski definition) is 3. The zero-order chi connectivity index (χ0) is 21.1. The molecule has 0 fully saturated rings. The normalized spacial score (nSPS) is 12.9. The van der Waals surface area contributed by atoms with Gasteiger partial charge >= 0.3 is 0 Å². The Morgan fingerprint density at radius 2 is 1.72 bits per heavy atom.